The molecule has 2 heterocycles. The van der Waals surface area contributed by atoms with Crippen molar-refractivity contribution >= 4 is 84.0 Å². The van der Waals surface area contributed by atoms with Crippen molar-refractivity contribution in [2.45, 2.75) is 24.9 Å². The van der Waals surface area contributed by atoms with Crippen molar-refractivity contribution in [2.24, 2.45) is 0 Å². The Hall–Kier alpha value is -5.11. The van der Waals surface area contributed by atoms with E-state index >= 15 is 0 Å². The number of carbonyl (C=O) groups is 4. The van der Waals surface area contributed by atoms with E-state index < -0.39 is 24.1 Å². The second kappa shape index (κ2) is 16.3. The number of benzene rings is 4. The van der Waals surface area contributed by atoms with E-state index in [1.54, 1.807) is 54.7 Å². The Morgan fingerprint density at radius 1 is 0.717 bits per heavy atom. The number of amides is 4. The topological polar surface area (TPSA) is 127 Å². The highest BCUT2D eigenvalue weighted by Gasteiger charge is 2.34. The highest BCUT2D eigenvalue weighted by molar-refractivity contribution is 9.11. The van der Waals surface area contributed by atoms with Gasteiger partial charge in [-0.3, -0.25) is 19.4 Å². The second-order valence-corrected chi connectivity index (χ2v) is 14.2. The van der Waals surface area contributed by atoms with Gasteiger partial charge in [-0.2, -0.15) is 0 Å². The van der Waals surface area contributed by atoms with Crippen molar-refractivity contribution < 1.29 is 33.4 Å². The van der Waals surface area contributed by atoms with E-state index in [4.69, 9.17) is 25.8 Å². The molecule has 2 atom stereocenters. The highest BCUT2D eigenvalue weighted by Crippen LogP contribution is 2.40. The monoisotopic (exact) mass is 862 g/mol. The molecule has 11 nitrogen and oxygen atoms in total. The lowest BCUT2D eigenvalue weighted by Crippen LogP contribution is -2.38. The number of ether oxygens (including phenoxy) is 3. The molecule has 4 amide bonds. The number of anilines is 2. The van der Waals surface area contributed by atoms with Gasteiger partial charge in [-0.15, -0.1) is 0 Å². The Bertz CT molecular complexity index is 2140. The fourth-order valence-electron chi connectivity index (χ4n) is 6.16. The zero-order valence-corrected chi connectivity index (χ0v) is 32.6. The van der Waals surface area contributed by atoms with Gasteiger partial charge in [-0.25, -0.2) is 9.59 Å². The maximum absolute atomic E-state index is 13.9. The van der Waals surface area contributed by atoms with Gasteiger partial charge in [-0.1, -0.05) is 66.2 Å². The summed E-state index contributed by atoms with van der Waals surface area (Å²) in [5.41, 5.74) is 3.25. The summed E-state index contributed by atoms with van der Waals surface area (Å²) in [6.07, 6.45) is 4.47. The quantitative estimate of drug-likeness (QED) is 0.181. The highest BCUT2D eigenvalue weighted by atomic mass is 79.9. The molecule has 0 aromatic heterocycles. The molecule has 2 N–H and O–H groups in total. The van der Waals surface area contributed by atoms with Crippen LogP contribution in [0.3, 0.4) is 0 Å². The van der Waals surface area contributed by atoms with Crippen molar-refractivity contribution in [2.75, 3.05) is 32.0 Å². The Kier molecular flexibility index (Phi) is 11.6. The van der Waals surface area contributed by atoms with Crippen LogP contribution < -0.4 is 24.8 Å². The summed E-state index contributed by atoms with van der Waals surface area (Å²) in [6, 6.07) is 20.8. The predicted molar refractivity (Wildman–Crippen MR) is 209 cm³/mol. The first-order valence-corrected chi connectivity index (χ1v) is 18.2. The number of methoxy groups -OCH3 is 3. The van der Waals surface area contributed by atoms with Crippen LogP contribution in [0.2, 0.25) is 5.02 Å². The molecule has 14 heteroatoms. The summed E-state index contributed by atoms with van der Waals surface area (Å²) in [6.45, 7) is 0. The van der Waals surface area contributed by atoms with Crippen LogP contribution in [0.25, 0.3) is 5.57 Å². The second-order valence-electron chi connectivity index (χ2n) is 12.0. The van der Waals surface area contributed by atoms with E-state index in [-0.39, 0.29) is 24.4 Å². The van der Waals surface area contributed by atoms with Gasteiger partial charge in [0.15, 0.2) is 23.1 Å². The number of hydrogen-bond acceptors (Lipinski definition) is 7. The normalized spacial score (nSPS) is 16.9. The molecule has 2 unspecified atom stereocenters. The van der Waals surface area contributed by atoms with E-state index in [9.17, 15) is 19.2 Å². The maximum Gasteiger partial charge on any atom is 0.326 e. The Balaban J connectivity index is 1.28. The minimum absolute atomic E-state index is 0.0394. The number of nitrogens with one attached hydrogen (secondary N) is 2. The molecular weight excluding hydrogens is 832 g/mol. The van der Waals surface area contributed by atoms with Gasteiger partial charge in [0, 0.05) is 58.0 Å². The van der Waals surface area contributed by atoms with Gasteiger partial charge < -0.3 is 24.8 Å². The number of hydrogen-bond donors (Lipinski definition) is 2. The number of urea groups is 2. The van der Waals surface area contributed by atoms with E-state index in [0.29, 0.717) is 59.3 Å². The van der Waals surface area contributed by atoms with Crippen molar-refractivity contribution in [3.8, 4) is 17.2 Å². The molecule has 0 fully saturated rings. The van der Waals surface area contributed by atoms with Crippen LogP contribution in [0.5, 0.6) is 17.2 Å². The smallest absolute Gasteiger partial charge is 0.326 e. The molecule has 0 radical (unpaired) electrons. The third-order valence-corrected chi connectivity index (χ3v) is 10.5. The minimum Gasteiger partial charge on any atom is -0.495 e. The Labute approximate surface area is 327 Å². The summed E-state index contributed by atoms with van der Waals surface area (Å²) in [5, 5.41) is 6.17. The van der Waals surface area contributed by atoms with Crippen molar-refractivity contribution in [1.82, 2.24) is 9.80 Å². The molecule has 2 aliphatic rings. The first-order valence-electron chi connectivity index (χ1n) is 16.3. The van der Waals surface area contributed by atoms with Crippen LogP contribution in [0.1, 0.15) is 41.6 Å². The maximum atomic E-state index is 13.9. The number of allylic oxidation sites excluding steroid dienone is 2. The molecule has 0 aliphatic carbocycles. The molecule has 4 aromatic rings. The number of nitrogens with zero attached hydrogens (tertiary/aromatic N) is 2. The molecule has 2 aliphatic heterocycles. The molecule has 4 aromatic carbocycles. The standard InChI is InChI=1S/C39H33Br2ClN4O7/c1-51-35-18-30(27(40)16-29(35)42)44-39(50)46-21-26(34(48)20-33(46)23-7-5-4-6-8-23)22-9-11-24(12-10-22)32-15-25(47)13-14-45(32)38(49)43-31-19-37(53-3)36(52-2)17-28(31)41/h4-14,16-19,21,32-33H,15,20H2,1-3H3,(H,43,49)(H,44,50). The van der Waals surface area contributed by atoms with Gasteiger partial charge in [-0.05, 0) is 60.7 Å². The molecule has 0 saturated carbocycles. The van der Waals surface area contributed by atoms with E-state index in [1.807, 2.05) is 30.3 Å². The van der Waals surface area contributed by atoms with Crippen LogP contribution in [0.15, 0.2) is 106 Å². The number of Topliss-reactive ketones (excluding diaryl/α,β-unsaturated/α-hetero) is 1. The number of rotatable bonds is 8. The first kappa shape index (κ1) is 37.6. The SMILES string of the molecule is COc1cc(NC(=O)N2C=C(c3ccc(C4CC(=O)C=CN4C(=O)Nc4cc(OC)c(OC)cc4Br)cc3)C(=O)CC2c2ccccc2)c(Br)cc1Cl. The van der Waals surface area contributed by atoms with Crippen molar-refractivity contribution in [1.29, 1.82) is 0 Å². The van der Waals surface area contributed by atoms with Gasteiger partial charge in [0.25, 0.3) is 0 Å². The van der Waals surface area contributed by atoms with Gasteiger partial charge in [0.2, 0.25) is 0 Å². The average Bonchev–Trinajstić information content (AvgIpc) is 3.16. The minimum atomic E-state index is -0.629. The molecule has 0 bridgehead atoms. The molecule has 0 spiro atoms. The van der Waals surface area contributed by atoms with Crippen LogP contribution in [0, 0.1) is 0 Å². The summed E-state index contributed by atoms with van der Waals surface area (Å²) in [7, 11) is 4.50. The average molecular weight is 865 g/mol. The van der Waals surface area contributed by atoms with E-state index in [1.165, 1.54) is 43.4 Å². The zero-order chi connectivity index (χ0) is 37.8. The first-order chi connectivity index (χ1) is 25.5. The van der Waals surface area contributed by atoms with Crippen LogP contribution in [-0.2, 0) is 9.59 Å². The van der Waals surface area contributed by atoms with Crippen LogP contribution in [-0.4, -0.2) is 54.8 Å². The summed E-state index contributed by atoms with van der Waals surface area (Å²) in [4.78, 5) is 56.9. The van der Waals surface area contributed by atoms with E-state index in [0.717, 1.165) is 5.56 Å². The molecule has 272 valence electrons. The lowest BCUT2D eigenvalue weighted by Gasteiger charge is -2.34. The van der Waals surface area contributed by atoms with Crippen LogP contribution in [0.4, 0.5) is 21.0 Å². The zero-order valence-electron chi connectivity index (χ0n) is 28.7. The van der Waals surface area contributed by atoms with Crippen molar-refractivity contribution in [3.05, 3.63) is 128 Å². The number of carbonyl (C=O) groups excluding carboxylic acids is 4. The molecule has 0 saturated heterocycles. The number of halogens is 3. The summed E-state index contributed by atoms with van der Waals surface area (Å²) < 4.78 is 17.2. The third kappa shape index (κ3) is 8.12. The van der Waals surface area contributed by atoms with Gasteiger partial charge >= 0.3 is 12.1 Å². The van der Waals surface area contributed by atoms with Crippen LogP contribution >= 0.6 is 43.5 Å². The Morgan fingerprint density at radius 2 is 1.26 bits per heavy atom. The summed E-state index contributed by atoms with van der Waals surface area (Å²) >= 11 is 13.2. The third-order valence-electron chi connectivity index (χ3n) is 8.89. The largest absolute Gasteiger partial charge is 0.495 e. The lowest BCUT2D eigenvalue weighted by atomic mass is 9.89. The Morgan fingerprint density at radius 3 is 1.91 bits per heavy atom. The van der Waals surface area contributed by atoms with Crippen molar-refractivity contribution in [3.63, 3.8) is 0 Å². The predicted octanol–water partition coefficient (Wildman–Crippen LogP) is 9.54. The molecular formula is C39H33Br2ClN4O7. The lowest BCUT2D eigenvalue weighted by molar-refractivity contribution is -0.116. The fraction of sp³-hybridized carbons (Fsp3) is 0.179. The fourth-order valence-corrected chi connectivity index (χ4v) is 7.40. The molecule has 6 rings (SSSR count). The molecule has 53 heavy (non-hydrogen) atoms. The summed E-state index contributed by atoms with van der Waals surface area (Å²) in [5.74, 6) is 1.01. The van der Waals surface area contributed by atoms with Gasteiger partial charge in [0.05, 0.1) is 49.8 Å². The number of ketones is 2. The van der Waals surface area contributed by atoms with E-state index in [2.05, 4.69) is 42.5 Å². The van der Waals surface area contributed by atoms with Gasteiger partial charge in [0.1, 0.15) is 5.75 Å².